The van der Waals surface area contributed by atoms with Crippen LogP contribution in [0.1, 0.15) is 36.4 Å². The Balaban J connectivity index is 0.000000220. The molecular formula is C28H20Cl2F6N4. The molecule has 0 fully saturated rings. The van der Waals surface area contributed by atoms with Crippen molar-refractivity contribution < 1.29 is 26.3 Å². The number of fused-ring (bicyclic) bond motifs is 2. The Morgan fingerprint density at radius 1 is 0.700 bits per heavy atom. The van der Waals surface area contributed by atoms with E-state index in [9.17, 15) is 26.3 Å². The lowest BCUT2D eigenvalue weighted by Crippen LogP contribution is -2.18. The second-order valence-corrected chi connectivity index (χ2v) is 9.24. The highest BCUT2D eigenvalue weighted by atomic mass is 35.5. The van der Waals surface area contributed by atoms with Crippen molar-refractivity contribution in [3.63, 3.8) is 0 Å². The van der Waals surface area contributed by atoms with E-state index in [1.165, 1.54) is 24.3 Å². The maximum absolute atomic E-state index is 12.7. The van der Waals surface area contributed by atoms with Gasteiger partial charge in [0.05, 0.1) is 32.2 Å². The first-order valence-corrected chi connectivity index (χ1v) is 12.3. The van der Waals surface area contributed by atoms with Crippen LogP contribution >= 0.6 is 23.2 Å². The Morgan fingerprint density at radius 2 is 1.05 bits per heavy atom. The van der Waals surface area contributed by atoms with Crippen molar-refractivity contribution in [1.82, 2.24) is 9.13 Å². The van der Waals surface area contributed by atoms with E-state index >= 15 is 0 Å². The first kappa shape index (κ1) is 30.7. The van der Waals surface area contributed by atoms with Gasteiger partial charge in [-0.25, -0.2) is 0 Å². The molecule has 0 aliphatic heterocycles. The fourth-order valence-electron chi connectivity index (χ4n) is 4.14. The molecule has 0 unspecified atom stereocenters. The maximum atomic E-state index is 12.7. The largest absolute Gasteiger partial charge is 0.406 e. The van der Waals surface area contributed by atoms with Crippen molar-refractivity contribution >= 4 is 57.2 Å². The number of nitriles is 2. The van der Waals surface area contributed by atoms with Gasteiger partial charge in [-0.05, 0) is 62.4 Å². The predicted octanol–water partition coefficient (Wildman–Crippen LogP) is 9.52. The van der Waals surface area contributed by atoms with Crippen molar-refractivity contribution in [2.75, 3.05) is 0 Å². The Labute approximate surface area is 235 Å². The lowest BCUT2D eigenvalue weighted by molar-refractivity contribution is -0.140. The second-order valence-electron chi connectivity index (χ2n) is 8.48. The van der Waals surface area contributed by atoms with Gasteiger partial charge in [0.25, 0.3) is 0 Å². The van der Waals surface area contributed by atoms with E-state index in [0.717, 1.165) is 9.13 Å². The van der Waals surface area contributed by atoms with E-state index in [1.807, 2.05) is 12.1 Å². The molecule has 0 aliphatic rings. The fraction of sp³-hybridized carbons (Fsp3) is 0.214. The third-order valence-corrected chi connectivity index (χ3v) is 6.51. The van der Waals surface area contributed by atoms with Gasteiger partial charge in [-0.15, -0.1) is 0 Å². The second kappa shape index (κ2) is 12.1. The molecule has 4 aromatic rings. The highest BCUT2D eigenvalue weighted by molar-refractivity contribution is 6.37. The number of aromatic nitrogens is 2. The summed E-state index contributed by atoms with van der Waals surface area (Å²) in [5.74, 6) is 0. The summed E-state index contributed by atoms with van der Waals surface area (Å²) in [5, 5.41) is 19.1. The molecule has 40 heavy (non-hydrogen) atoms. The van der Waals surface area contributed by atoms with Crippen LogP contribution in [0.4, 0.5) is 26.3 Å². The third kappa shape index (κ3) is 6.82. The van der Waals surface area contributed by atoms with Gasteiger partial charge in [0.2, 0.25) is 0 Å². The standard InChI is InChI=1S/2C14H10ClF3N2/c2*1-2-3-10-6-11-12(20(10)8-14(16,17)18)5-4-9(7-19)13(11)15/h2*2-6H,8H2,1H3/b3-2+;3-2-. The number of allylic oxidation sites excluding steroid dienone is 2. The molecule has 0 saturated heterocycles. The average Bonchev–Trinajstić information content (AvgIpc) is 3.37. The van der Waals surface area contributed by atoms with Crippen LogP contribution in [0.25, 0.3) is 34.0 Å². The van der Waals surface area contributed by atoms with Crippen molar-refractivity contribution in [2.24, 2.45) is 0 Å². The van der Waals surface area contributed by atoms with E-state index in [2.05, 4.69) is 0 Å². The molecule has 2 aromatic carbocycles. The molecule has 12 heteroatoms. The minimum Gasteiger partial charge on any atom is -0.332 e. The van der Waals surface area contributed by atoms with E-state index in [-0.39, 0.29) is 21.2 Å². The van der Waals surface area contributed by atoms with Gasteiger partial charge in [0.1, 0.15) is 25.2 Å². The topological polar surface area (TPSA) is 57.4 Å². The van der Waals surface area contributed by atoms with Gasteiger partial charge in [0, 0.05) is 22.2 Å². The van der Waals surface area contributed by atoms with Crippen molar-refractivity contribution in [3.8, 4) is 12.1 Å². The molecule has 208 valence electrons. The van der Waals surface area contributed by atoms with Gasteiger partial charge < -0.3 is 9.13 Å². The third-order valence-electron chi connectivity index (χ3n) is 5.69. The van der Waals surface area contributed by atoms with Gasteiger partial charge in [-0.2, -0.15) is 36.9 Å². The van der Waals surface area contributed by atoms with Crippen LogP contribution in [0, 0.1) is 22.7 Å². The molecule has 0 amide bonds. The molecule has 0 bridgehead atoms. The number of benzene rings is 2. The van der Waals surface area contributed by atoms with Crippen LogP contribution in [0.5, 0.6) is 0 Å². The van der Waals surface area contributed by atoms with E-state index in [4.69, 9.17) is 33.7 Å². The highest BCUT2D eigenvalue weighted by Gasteiger charge is 2.31. The lowest BCUT2D eigenvalue weighted by Gasteiger charge is -2.11. The smallest absolute Gasteiger partial charge is 0.332 e. The number of hydrogen-bond donors (Lipinski definition) is 0. The Morgan fingerprint density at radius 3 is 1.32 bits per heavy atom. The van der Waals surface area contributed by atoms with Gasteiger partial charge >= 0.3 is 12.4 Å². The van der Waals surface area contributed by atoms with Gasteiger partial charge in [-0.3, -0.25) is 0 Å². The molecule has 0 atom stereocenters. The Kier molecular flexibility index (Phi) is 9.29. The quantitative estimate of drug-likeness (QED) is 0.220. The summed E-state index contributed by atoms with van der Waals surface area (Å²) in [6.45, 7) is 1.24. The van der Waals surface area contributed by atoms with E-state index in [0.29, 0.717) is 33.2 Å². The number of alkyl halides is 6. The number of rotatable bonds is 4. The molecule has 0 saturated carbocycles. The number of halogens is 8. The summed E-state index contributed by atoms with van der Waals surface area (Å²) >= 11 is 12.1. The summed E-state index contributed by atoms with van der Waals surface area (Å²) in [4.78, 5) is 0. The Hall–Kier alpha value is -3.86. The van der Waals surface area contributed by atoms with Crippen LogP contribution in [0.15, 0.2) is 48.6 Å². The zero-order valence-corrected chi connectivity index (χ0v) is 22.5. The highest BCUT2D eigenvalue weighted by Crippen LogP contribution is 2.34. The molecule has 0 N–H and O–H groups in total. The first-order chi connectivity index (χ1) is 18.7. The average molecular weight is 597 g/mol. The van der Waals surface area contributed by atoms with Crippen molar-refractivity contribution in [2.45, 2.75) is 39.3 Å². The minimum atomic E-state index is -4.33. The van der Waals surface area contributed by atoms with Crippen LogP contribution in [-0.2, 0) is 13.1 Å². The van der Waals surface area contributed by atoms with Crippen LogP contribution in [-0.4, -0.2) is 21.5 Å². The number of hydrogen-bond acceptors (Lipinski definition) is 2. The summed E-state index contributed by atoms with van der Waals surface area (Å²) in [5.41, 5.74) is 2.01. The maximum Gasteiger partial charge on any atom is 0.406 e. The minimum absolute atomic E-state index is 0.177. The predicted molar refractivity (Wildman–Crippen MR) is 145 cm³/mol. The normalized spacial score (nSPS) is 12.2. The lowest BCUT2D eigenvalue weighted by atomic mass is 10.1. The summed E-state index contributed by atoms with van der Waals surface area (Å²) in [7, 11) is 0. The monoisotopic (exact) mass is 596 g/mol. The molecule has 4 rings (SSSR count). The van der Waals surface area contributed by atoms with Crippen molar-refractivity contribution in [3.05, 3.63) is 81.1 Å². The molecule has 0 spiro atoms. The summed E-state index contributed by atoms with van der Waals surface area (Å²) < 4.78 is 78.4. The molecule has 4 nitrogen and oxygen atoms in total. The van der Waals surface area contributed by atoms with Gasteiger partial charge in [-0.1, -0.05) is 35.4 Å². The van der Waals surface area contributed by atoms with E-state index in [1.54, 1.807) is 50.3 Å². The fourth-order valence-corrected chi connectivity index (χ4v) is 4.66. The SMILES string of the molecule is C/C=C/c1cc2c(Cl)c(C#N)ccc2n1CC(F)(F)F.C/C=C\c1cc2c(Cl)c(C#N)ccc2n1CC(F)(F)F. The van der Waals surface area contributed by atoms with Crippen LogP contribution in [0.2, 0.25) is 10.0 Å². The van der Waals surface area contributed by atoms with Crippen molar-refractivity contribution in [1.29, 1.82) is 10.5 Å². The Bertz CT molecular complexity index is 1570. The summed E-state index contributed by atoms with van der Waals surface area (Å²) in [6.07, 6.45) is -2.20. The number of nitrogens with zero attached hydrogens (tertiary/aromatic N) is 4. The van der Waals surface area contributed by atoms with Crippen LogP contribution in [0.3, 0.4) is 0 Å². The first-order valence-electron chi connectivity index (χ1n) is 11.6. The van der Waals surface area contributed by atoms with E-state index < -0.39 is 25.4 Å². The summed E-state index contributed by atoms with van der Waals surface area (Å²) in [6, 6.07) is 12.8. The molecule has 2 aromatic heterocycles. The molecule has 0 aliphatic carbocycles. The molecule has 0 radical (unpaired) electrons. The zero-order valence-electron chi connectivity index (χ0n) is 21.0. The molecular weight excluding hydrogens is 577 g/mol. The van der Waals surface area contributed by atoms with Gasteiger partial charge in [0.15, 0.2) is 0 Å². The zero-order chi connectivity index (χ0) is 29.8. The van der Waals surface area contributed by atoms with Crippen LogP contribution < -0.4 is 0 Å². The molecule has 2 heterocycles.